The van der Waals surface area contributed by atoms with Crippen molar-refractivity contribution in [2.75, 3.05) is 13.1 Å². The Morgan fingerprint density at radius 1 is 0.950 bits per heavy atom. The Morgan fingerprint density at radius 3 is 2.40 bits per heavy atom. The fraction of sp³-hybridized carbons (Fsp3) is 1.00. The summed E-state index contributed by atoms with van der Waals surface area (Å²) in [4.78, 5) is 2.89. The van der Waals surface area contributed by atoms with Crippen LogP contribution in [0.2, 0.25) is 0 Å². The summed E-state index contributed by atoms with van der Waals surface area (Å²) in [7, 11) is 0. The third-order valence-corrected chi connectivity index (χ3v) is 6.67. The molecule has 0 amide bonds. The molecule has 0 radical (unpaired) electrons. The van der Waals surface area contributed by atoms with Gasteiger partial charge in [-0.3, -0.25) is 4.90 Å². The van der Waals surface area contributed by atoms with Crippen molar-refractivity contribution in [1.82, 2.24) is 10.2 Å². The first-order chi connectivity index (χ1) is 9.60. The van der Waals surface area contributed by atoms with Gasteiger partial charge in [-0.05, 0) is 50.9 Å². The second-order valence-electron chi connectivity index (χ2n) is 8.16. The number of nitrogens with zero attached hydrogens (tertiary/aromatic N) is 1. The molecule has 3 fully saturated rings. The minimum Gasteiger partial charge on any atom is -0.308 e. The highest BCUT2D eigenvalue weighted by Gasteiger charge is 2.41. The Morgan fingerprint density at radius 2 is 1.70 bits per heavy atom. The topological polar surface area (TPSA) is 15.3 Å². The molecule has 1 spiro atoms. The van der Waals surface area contributed by atoms with Crippen molar-refractivity contribution >= 4 is 0 Å². The highest BCUT2D eigenvalue weighted by Crippen LogP contribution is 2.37. The Hall–Kier alpha value is -0.0800. The first kappa shape index (κ1) is 14.8. The summed E-state index contributed by atoms with van der Waals surface area (Å²) in [6.07, 6.45) is 11.5. The van der Waals surface area contributed by atoms with E-state index >= 15 is 0 Å². The molecule has 116 valence electrons. The van der Waals surface area contributed by atoms with Crippen molar-refractivity contribution in [3.8, 4) is 0 Å². The fourth-order valence-corrected chi connectivity index (χ4v) is 4.92. The van der Waals surface area contributed by atoms with Gasteiger partial charge in [0.25, 0.3) is 0 Å². The van der Waals surface area contributed by atoms with Crippen molar-refractivity contribution in [3.63, 3.8) is 0 Å². The average molecular weight is 278 g/mol. The highest BCUT2D eigenvalue weighted by molar-refractivity contribution is 5.01. The van der Waals surface area contributed by atoms with E-state index in [9.17, 15) is 0 Å². The van der Waals surface area contributed by atoms with Gasteiger partial charge in [-0.25, -0.2) is 0 Å². The van der Waals surface area contributed by atoms with E-state index in [-0.39, 0.29) is 0 Å². The fourth-order valence-electron chi connectivity index (χ4n) is 4.92. The van der Waals surface area contributed by atoms with Crippen molar-refractivity contribution in [2.24, 2.45) is 11.8 Å². The average Bonchev–Trinajstić information content (AvgIpc) is 2.46. The van der Waals surface area contributed by atoms with Crippen LogP contribution in [-0.4, -0.2) is 35.6 Å². The first-order valence-electron chi connectivity index (χ1n) is 9.10. The van der Waals surface area contributed by atoms with Gasteiger partial charge in [-0.1, -0.05) is 33.1 Å². The molecule has 0 aromatic rings. The van der Waals surface area contributed by atoms with Crippen molar-refractivity contribution in [2.45, 2.75) is 89.8 Å². The third-order valence-electron chi connectivity index (χ3n) is 6.67. The van der Waals surface area contributed by atoms with E-state index in [1.165, 1.54) is 64.5 Å². The maximum absolute atomic E-state index is 3.93. The van der Waals surface area contributed by atoms with Crippen LogP contribution in [0.1, 0.15) is 72.1 Å². The standard InChI is InChI=1S/C18H34N2/c1-14-7-8-17(11-15(14)2)20-13-18(19-12-16(20)3)9-5-4-6-10-18/h14-17,19H,4-13H2,1-3H3. The predicted molar refractivity (Wildman–Crippen MR) is 86.0 cm³/mol. The third kappa shape index (κ3) is 2.92. The molecule has 1 aliphatic heterocycles. The van der Waals surface area contributed by atoms with Gasteiger partial charge < -0.3 is 5.32 Å². The summed E-state index contributed by atoms with van der Waals surface area (Å²) in [5.74, 6) is 1.85. The molecule has 3 aliphatic rings. The summed E-state index contributed by atoms with van der Waals surface area (Å²) >= 11 is 0. The molecule has 2 heteroatoms. The molecule has 20 heavy (non-hydrogen) atoms. The zero-order valence-corrected chi connectivity index (χ0v) is 13.8. The number of rotatable bonds is 1. The van der Waals surface area contributed by atoms with Crippen LogP contribution in [0, 0.1) is 11.8 Å². The molecule has 1 heterocycles. The SMILES string of the molecule is CC1CCC(N2CC3(CCCCC3)NCC2C)CC1C. The van der Waals surface area contributed by atoms with Crippen molar-refractivity contribution in [3.05, 3.63) is 0 Å². The molecule has 4 atom stereocenters. The molecule has 2 aliphatic carbocycles. The van der Waals surface area contributed by atoms with Gasteiger partial charge in [-0.15, -0.1) is 0 Å². The lowest BCUT2D eigenvalue weighted by Gasteiger charge is -2.53. The normalized spacial score (nSPS) is 42.8. The summed E-state index contributed by atoms with van der Waals surface area (Å²) in [5, 5.41) is 3.93. The second-order valence-corrected chi connectivity index (χ2v) is 8.16. The molecular formula is C18H34N2. The lowest BCUT2D eigenvalue weighted by Crippen LogP contribution is -2.66. The molecule has 3 rings (SSSR count). The molecular weight excluding hydrogens is 244 g/mol. The molecule has 0 aromatic heterocycles. The van der Waals surface area contributed by atoms with E-state index in [0.717, 1.165) is 23.9 Å². The minimum absolute atomic E-state index is 0.469. The van der Waals surface area contributed by atoms with Gasteiger partial charge in [-0.2, -0.15) is 0 Å². The van der Waals surface area contributed by atoms with Gasteiger partial charge in [0.2, 0.25) is 0 Å². The molecule has 4 unspecified atom stereocenters. The van der Waals surface area contributed by atoms with E-state index in [0.29, 0.717) is 5.54 Å². The maximum Gasteiger partial charge on any atom is 0.0309 e. The van der Waals surface area contributed by atoms with Crippen LogP contribution in [0.25, 0.3) is 0 Å². The lowest BCUT2D eigenvalue weighted by atomic mass is 9.75. The van der Waals surface area contributed by atoms with E-state index in [4.69, 9.17) is 0 Å². The first-order valence-corrected chi connectivity index (χ1v) is 9.10. The monoisotopic (exact) mass is 278 g/mol. The summed E-state index contributed by atoms with van der Waals surface area (Å²) in [5.41, 5.74) is 0.469. The Kier molecular flexibility index (Phi) is 4.42. The van der Waals surface area contributed by atoms with E-state index < -0.39 is 0 Å². The molecule has 1 N–H and O–H groups in total. The molecule has 0 aromatic carbocycles. The van der Waals surface area contributed by atoms with E-state index in [1.807, 2.05) is 0 Å². The number of hydrogen-bond acceptors (Lipinski definition) is 2. The van der Waals surface area contributed by atoms with Gasteiger partial charge in [0.15, 0.2) is 0 Å². The summed E-state index contributed by atoms with van der Waals surface area (Å²) in [6.45, 7) is 9.89. The van der Waals surface area contributed by atoms with Gasteiger partial charge >= 0.3 is 0 Å². The Labute approximate surface area is 125 Å². The maximum atomic E-state index is 3.93. The molecule has 2 saturated carbocycles. The largest absolute Gasteiger partial charge is 0.308 e. The van der Waals surface area contributed by atoms with Crippen LogP contribution in [0.4, 0.5) is 0 Å². The van der Waals surface area contributed by atoms with Gasteiger partial charge in [0.1, 0.15) is 0 Å². The highest BCUT2D eigenvalue weighted by atomic mass is 15.3. The lowest BCUT2D eigenvalue weighted by molar-refractivity contribution is 0.00486. The molecule has 1 saturated heterocycles. The second kappa shape index (κ2) is 5.96. The van der Waals surface area contributed by atoms with Crippen LogP contribution in [-0.2, 0) is 0 Å². The van der Waals surface area contributed by atoms with E-state index in [2.05, 4.69) is 31.0 Å². The molecule has 2 nitrogen and oxygen atoms in total. The van der Waals surface area contributed by atoms with Crippen LogP contribution in [0.3, 0.4) is 0 Å². The van der Waals surface area contributed by atoms with Crippen molar-refractivity contribution < 1.29 is 0 Å². The number of nitrogens with one attached hydrogen (secondary N) is 1. The van der Waals surface area contributed by atoms with Crippen molar-refractivity contribution in [1.29, 1.82) is 0 Å². The number of hydrogen-bond donors (Lipinski definition) is 1. The van der Waals surface area contributed by atoms with Crippen LogP contribution < -0.4 is 5.32 Å². The Balaban J connectivity index is 1.67. The summed E-state index contributed by atoms with van der Waals surface area (Å²) < 4.78 is 0. The van der Waals surface area contributed by atoms with Crippen LogP contribution >= 0.6 is 0 Å². The zero-order chi connectivity index (χ0) is 14.2. The smallest absolute Gasteiger partial charge is 0.0309 e. The summed E-state index contributed by atoms with van der Waals surface area (Å²) in [6, 6.07) is 1.59. The quantitative estimate of drug-likeness (QED) is 0.784. The molecule has 0 bridgehead atoms. The van der Waals surface area contributed by atoms with E-state index in [1.54, 1.807) is 0 Å². The van der Waals surface area contributed by atoms with Crippen LogP contribution in [0.5, 0.6) is 0 Å². The van der Waals surface area contributed by atoms with Gasteiger partial charge in [0, 0.05) is 30.7 Å². The Bertz CT molecular complexity index is 321. The zero-order valence-electron chi connectivity index (χ0n) is 13.8. The minimum atomic E-state index is 0.469. The predicted octanol–water partition coefficient (Wildman–Crippen LogP) is 3.81. The number of piperazine rings is 1. The van der Waals surface area contributed by atoms with Crippen LogP contribution in [0.15, 0.2) is 0 Å². The van der Waals surface area contributed by atoms with Gasteiger partial charge in [0.05, 0.1) is 0 Å².